The number of aromatic nitrogens is 4. The molecule has 1 aliphatic carbocycles. The second kappa shape index (κ2) is 11.1. The van der Waals surface area contributed by atoms with E-state index in [0.29, 0.717) is 16.9 Å². The van der Waals surface area contributed by atoms with E-state index in [9.17, 15) is 4.79 Å². The molecule has 1 saturated carbocycles. The summed E-state index contributed by atoms with van der Waals surface area (Å²) in [4.78, 5) is 23.1. The topological polar surface area (TPSA) is 119 Å². The molecular weight excluding hydrogens is 500 g/mol. The summed E-state index contributed by atoms with van der Waals surface area (Å²) in [7, 11) is 1.35. The van der Waals surface area contributed by atoms with Gasteiger partial charge in [-0.05, 0) is 31.0 Å². The molecule has 1 aliphatic rings. The Morgan fingerprint density at radius 3 is 2.50 bits per heavy atom. The number of nitrogens with one attached hydrogen (secondary N) is 1. The Bertz CT molecular complexity index is 1600. The van der Waals surface area contributed by atoms with Gasteiger partial charge in [0.05, 0.1) is 16.6 Å². The number of benzene rings is 2. The van der Waals surface area contributed by atoms with Crippen LogP contribution in [-0.4, -0.2) is 37.8 Å². The monoisotopic (exact) mass is 528 g/mol. The quantitative estimate of drug-likeness (QED) is 0.233. The van der Waals surface area contributed by atoms with Crippen molar-refractivity contribution in [2.75, 3.05) is 12.8 Å². The van der Waals surface area contributed by atoms with Crippen LogP contribution >= 0.6 is 11.6 Å². The van der Waals surface area contributed by atoms with Crippen LogP contribution < -0.4 is 11.1 Å². The molecule has 0 aliphatic heterocycles. The molecule has 0 radical (unpaired) electrons. The molecule has 9 heteroatoms. The van der Waals surface area contributed by atoms with Crippen LogP contribution in [0.4, 0.5) is 10.6 Å². The standard InChI is InChI=1S/C27H24ClN5.C2H5NO2/c28-22-13-18-11-12-23(17-7-3-1-4-8-17)32-24(18)14-20(22)21-15-33(19-9-5-2-6-10-19)27-25(21)26(29)30-16-31-27;1-3-2(4)5/h1,3-4,7-8,11-16,19H,2,5-6,9-10H2,(H2,29,30,31);3H,1H3,(H,4,5). The van der Waals surface area contributed by atoms with Crippen molar-refractivity contribution in [1.82, 2.24) is 24.8 Å². The number of hydrogen-bond acceptors (Lipinski definition) is 5. The van der Waals surface area contributed by atoms with Gasteiger partial charge in [-0.15, -0.1) is 0 Å². The smallest absolute Gasteiger partial charge is 0.404 e. The number of fused-ring (bicyclic) bond motifs is 2. The van der Waals surface area contributed by atoms with Gasteiger partial charge in [-0.3, -0.25) is 0 Å². The summed E-state index contributed by atoms with van der Waals surface area (Å²) >= 11 is 6.82. The molecule has 0 bridgehead atoms. The van der Waals surface area contributed by atoms with E-state index < -0.39 is 6.09 Å². The van der Waals surface area contributed by atoms with Crippen LogP contribution in [0.3, 0.4) is 0 Å². The molecule has 1 amide bonds. The first-order valence-corrected chi connectivity index (χ1v) is 13.0. The van der Waals surface area contributed by atoms with E-state index in [1.807, 2.05) is 35.6 Å². The maximum Gasteiger partial charge on any atom is 0.404 e. The van der Waals surface area contributed by atoms with Gasteiger partial charge in [0, 0.05) is 46.4 Å². The van der Waals surface area contributed by atoms with Crippen molar-refractivity contribution >= 4 is 45.4 Å². The number of rotatable bonds is 3. The Labute approximate surface area is 225 Å². The number of halogens is 1. The predicted octanol–water partition coefficient (Wildman–Crippen LogP) is 6.94. The van der Waals surface area contributed by atoms with Gasteiger partial charge in [-0.2, -0.15) is 0 Å². The van der Waals surface area contributed by atoms with Crippen molar-refractivity contribution in [2.24, 2.45) is 0 Å². The summed E-state index contributed by atoms with van der Waals surface area (Å²) in [5.41, 5.74) is 12.0. The molecule has 38 heavy (non-hydrogen) atoms. The van der Waals surface area contributed by atoms with Gasteiger partial charge < -0.3 is 20.7 Å². The Hall–Kier alpha value is -4.17. The van der Waals surface area contributed by atoms with Crippen LogP contribution in [0.1, 0.15) is 38.1 Å². The first kappa shape index (κ1) is 25.5. The molecule has 4 N–H and O–H groups in total. The van der Waals surface area contributed by atoms with Crippen LogP contribution in [-0.2, 0) is 0 Å². The van der Waals surface area contributed by atoms with Crippen LogP contribution in [0.2, 0.25) is 5.02 Å². The minimum Gasteiger partial charge on any atom is -0.465 e. The lowest BCUT2D eigenvalue weighted by molar-refractivity contribution is 0.197. The van der Waals surface area contributed by atoms with Crippen LogP contribution in [0.15, 0.2) is 67.1 Å². The third kappa shape index (κ3) is 5.13. The third-order valence-electron chi connectivity index (χ3n) is 6.96. The summed E-state index contributed by atoms with van der Waals surface area (Å²) in [5, 5.41) is 12.1. The second-order valence-electron chi connectivity index (χ2n) is 9.34. The fourth-order valence-electron chi connectivity index (χ4n) is 5.07. The van der Waals surface area contributed by atoms with Crippen molar-refractivity contribution in [2.45, 2.75) is 38.1 Å². The predicted molar refractivity (Wildman–Crippen MR) is 152 cm³/mol. The Morgan fingerprint density at radius 2 is 1.79 bits per heavy atom. The fraction of sp³-hybridized carbons (Fsp3) is 0.241. The largest absolute Gasteiger partial charge is 0.465 e. The van der Waals surface area contributed by atoms with Crippen molar-refractivity contribution < 1.29 is 9.90 Å². The maximum atomic E-state index is 9.26. The summed E-state index contributed by atoms with van der Waals surface area (Å²) in [6.45, 7) is 0. The number of nitrogens with zero attached hydrogens (tertiary/aromatic N) is 4. The summed E-state index contributed by atoms with van der Waals surface area (Å²) in [6, 6.07) is 18.8. The SMILES string of the molecule is CNC(=O)O.Nc1ncnc2c1c(-c1cc3nc(-c4ccccc4)ccc3cc1Cl)cn2C1CCCCC1. The average molecular weight is 529 g/mol. The highest BCUT2D eigenvalue weighted by Crippen LogP contribution is 2.41. The van der Waals surface area contributed by atoms with Crippen LogP contribution in [0.25, 0.3) is 44.3 Å². The highest BCUT2D eigenvalue weighted by Gasteiger charge is 2.23. The lowest BCUT2D eigenvalue weighted by Crippen LogP contribution is -2.13. The van der Waals surface area contributed by atoms with Crippen molar-refractivity contribution in [3.63, 3.8) is 0 Å². The van der Waals surface area contributed by atoms with E-state index in [2.05, 4.69) is 45.0 Å². The number of amides is 1. The second-order valence-corrected chi connectivity index (χ2v) is 9.75. The van der Waals surface area contributed by atoms with Gasteiger partial charge in [0.2, 0.25) is 0 Å². The van der Waals surface area contributed by atoms with Crippen LogP contribution in [0.5, 0.6) is 0 Å². The highest BCUT2D eigenvalue weighted by molar-refractivity contribution is 6.34. The van der Waals surface area contributed by atoms with E-state index in [0.717, 1.165) is 57.2 Å². The minimum atomic E-state index is -0.995. The number of anilines is 1. The van der Waals surface area contributed by atoms with E-state index in [1.165, 1.54) is 26.3 Å². The molecule has 2 aromatic carbocycles. The Morgan fingerprint density at radius 1 is 1.05 bits per heavy atom. The first-order chi connectivity index (χ1) is 18.5. The van der Waals surface area contributed by atoms with Crippen molar-refractivity contribution in [3.05, 3.63) is 72.1 Å². The molecule has 3 aromatic heterocycles. The van der Waals surface area contributed by atoms with E-state index >= 15 is 0 Å². The van der Waals surface area contributed by atoms with Gasteiger partial charge in [-0.1, -0.05) is 67.3 Å². The normalized spacial score (nSPS) is 13.7. The van der Waals surface area contributed by atoms with Gasteiger partial charge in [0.25, 0.3) is 0 Å². The lowest BCUT2D eigenvalue weighted by atomic mass is 9.95. The van der Waals surface area contributed by atoms with Gasteiger partial charge in [0.1, 0.15) is 17.8 Å². The highest BCUT2D eigenvalue weighted by atomic mass is 35.5. The molecule has 5 aromatic rings. The molecule has 0 spiro atoms. The molecule has 3 heterocycles. The molecule has 0 atom stereocenters. The number of carbonyl (C=O) groups is 1. The lowest BCUT2D eigenvalue weighted by Gasteiger charge is -2.23. The molecule has 8 nitrogen and oxygen atoms in total. The summed E-state index contributed by atoms with van der Waals surface area (Å²) in [5.74, 6) is 0.478. The number of nitrogens with two attached hydrogens (primary N) is 1. The molecule has 0 saturated heterocycles. The summed E-state index contributed by atoms with van der Waals surface area (Å²) in [6.07, 6.45) is 8.81. The van der Waals surface area contributed by atoms with Crippen molar-refractivity contribution in [3.8, 4) is 22.4 Å². The number of nitrogen functional groups attached to an aromatic ring is 1. The zero-order valence-electron chi connectivity index (χ0n) is 21.1. The van der Waals surface area contributed by atoms with Crippen molar-refractivity contribution in [1.29, 1.82) is 0 Å². The van der Waals surface area contributed by atoms with Gasteiger partial charge >= 0.3 is 6.09 Å². The molecule has 1 fully saturated rings. The van der Waals surface area contributed by atoms with Gasteiger partial charge in [0.15, 0.2) is 0 Å². The van der Waals surface area contributed by atoms with E-state index in [-0.39, 0.29) is 0 Å². The molecular formula is C29H29ClN6O2. The van der Waals surface area contributed by atoms with Crippen LogP contribution in [0, 0.1) is 0 Å². The van der Waals surface area contributed by atoms with Gasteiger partial charge in [-0.25, -0.2) is 19.7 Å². The average Bonchev–Trinajstić information content (AvgIpc) is 3.34. The van der Waals surface area contributed by atoms with E-state index in [4.69, 9.17) is 27.4 Å². The maximum absolute atomic E-state index is 9.26. The molecule has 194 valence electrons. The fourth-order valence-corrected chi connectivity index (χ4v) is 5.34. The zero-order valence-corrected chi connectivity index (χ0v) is 21.8. The number of pyridine rings is 1. The Kier molecular flexibility index (Phi) is 7.42. The first-order valence-electron chi connectivity index (χ1n) is 12.6. The zero-order chi connectivity index (χ0) is 26.6. The summed E-state index contributed by atoms with van der Waals surface area (Å²) < 4.78 is 2.29. The Balaban J connectivity index is 0.000000540. The minimum absolute atomic E-state index is 0.423. The third-order valence-corrected chi connectivity index (χ3v) is 7.27. The number of hydrogen-bond donors (Lipinski definition) is 3. The number of carboxylic acid groups (broad SMARTS) is 1. The van der Waals surface area contributed by atoms with E-state index in [1.54, 1.807) is 6.33 Å². The molecule has 0 unspecified atom stereocenters. The molecule has 6 rings (SSSR count).